The van der Waals surface area contributed by atoms with Crippen LogP contribution >= 0.6 is 15.9 Å². The van der Waals surface area contributed by atoms with Crippen molar-refractivity contribution >= 4 is 21.7 Å². The fourth-order valence-corrected chi connectivity index (χ4v) is 2.56. The van der Waals surface area contributed by atoms with Crippen molar-refractivity contribution in [1.29, 1.82) is 0 Å². The number of rotatable bonds is 3. The van der Waals surface area contributed by atoms with Crippen molar-refractivity contribution in [3.05, 3.63) is 91.0 Å². The van der Waals surface area contributed by atoms with Gasteiger partial charge in [0, 0.05) is 10.0 Å². The number of ketones is 1. The van der Waals surface area contributed by atoms with E-state index in [1.807, 2.05) is 0 Å². The predicted molar refractivity (Wildman–Crippen MR) is 91.9 cm³/mol. The first kappa shape index (κ1) is 15.9. The third-order valence-electron chi connectivity index (χ3n) is 3.43. The molecular weight excluding hydrogens is 376 g/mol. The van der Waals surface area contributed by atoms with Crippen LogP contribution < -0.4 is 11.2 Å². The number of aromatic amines is 1. The molecule has 1 aromatic heterocycles. The number of H-pyrrole nitrogens is 1. The zero-order chi connectivity index (χ0) is 17.3. The molecule has 0 aliphatic heterocycles. The smallest absolute Gasteiger partial charge is 0.335 e. The summed E-state index contributed by atoms with van der Waals surface area (Å²) in [7, 11) is 0. The Kier molecular flexibility index (Phi) is 4.18. The third kappa shape index (κ3) is 2.81. The lowest BCUT2D eigenvalue weighted by Crippen LogP contribution is -2.33. The van der Waals surface area contributed by atoms with E-state index >= 15 is 0 Å². The Bertz CT molecular complexity index is 1020. The normalized spacial score (nSPS) is 10.5. The van der Waals surface area contributed by atoms with Crippen molar-refractivity contribution in [3.8, 4) is 11.6 Å². The number of nitrogens with zero attached hydrogens (tertiary/aromatic N) is 1. The third-order valence-corrected chi connectivity index (χ3v) is 3.96. The van der Waals surface area contributed by atoms with E-state index in [2.05, 4.69) is 20.9 Å². The number of hydrogen-bond acceptors (Lipinski definition) is 4. The number of nitrogens with one attached hydrogen (secondary N) is 1. The van der Waals surface area contributed by atoms with E-state index in [9.17, 15) is 19.5 Å². The summed E-state index contributed by atoms with van der Waals surface area (Å²) in [6.45, 7) is 0. The molecule has 120 valence electrons. The number of carbonyl (C=O) groups excluding carboxylic acids is 1. The summed E-state index contributed by atoms with van der Waals surface area (Å²) in [6.07, 6.45) is 0. The number of benzene rings is 2. The maximum atomic E-state index is 12.5. The van der Waals surface area contributed by atoms with E-state index in [1.54, 1.807) is 42.5 Å². The monoisotopic (exact) mass is 386 g/mol. The first-order valence-corrected chi connectivity index (χ1v) is 7.72. The first-order valence-electron chi connectivity index (χ1n) is 6.93. The number of carbonyl (C=O) groups is 1. The van der Waals surface area contributed by atoms with Crippen molar-refractivity contribution < 1.29 is 9.90 Å². The quantitative estimate of drug-likeness (QED) is 0.675. The lowest BCUT2D eigenvalue weighted by Gasteiger charge is -2.11. The highest BCUT2D eigenvalue weighted by Crippen LogP contribution is 2.20. The van der Waals surface area contributed by atoms with Crippen molar-refractivity contribution in [1.82, 2.24) is 9.55 Å². The van der Waals surface area contributed by atoms with Gasteiger partial charge in [0.2, 0.25) is 11.7 Å². The fourth-order valence-electron chi connectivity index (χ4n) is 2.29. The number of aromatic nitrogens is 2. The van der Waals surface area contributed by atoms with Crippen LogP contribution in [-0.4, -0.2) is 20.4 Å². The predicted octanol–water partition coefficient (Wildman–Crippen LogP) is 2.22. The highest BCUT2D eigenvalue weighted by atomic mass is 79.9. The molecule has 6 nitrogen and oxygen atoms in total. The molecule has 0 amide bonds. The lowest BCUT2D eigenvalue weighted by molar-refractivity contribution is 0.103. The fraction of sp³-hybridized carbons (Fsp3) is 0. The molecule has 0 bridgehead atoms. The Morgan fingerprint density at radius 3 is 2.25 bits per heavy atom. The average Bonchev–Trinajstić information content (AvgIpc) is 2.57. The number of aromatic hydroxyl groups is 1. The van der Waals surface area contributed by atoms with Crippen LogP contribution in [-0.2, 0) is 0 Å². The highest BCUT2D eigenvalue weighted by Gasteiger charge is 2.22. The van der Waals surface area contributed by atoms with Crippen LogP contribution in [0, 0.1) is 0 Å². The van der Waals surface area contributed by atoms with Crippen LogP contribution in [0.25, 0.3) is 5.69 Å². The molecule has 1 heterocycles. The van der Waals surface area contributed by atoms with Crippen LogP contribution in [0.15, 0.2) is 68.7 Å². The van der Waals surface area contributed by atoms with Crippen molar-refractivity contribution in [2.75, 3.05) is 0 Å². The van der Waals surface area contributed by atoms with Gasteiger partial charge < -0.3 is 5.11 Å². The van der Waals surface area contributed by atoms with Crippen molar-refractivity contribution in [3.63, 3.8) is 0 Å². The summed E-state index contributed by atoms with van der Waals surface area (Å²) in [4.78, 5) is 38.7. The number of hydrogen-bond donors (Lipinski definition) is 2. The van der Waals surface area contributed by atoms with E-state index in [0.717, 1.165) is 9.04 Å². The molecule has 0 saturated carbocycles. The van der Waals surface area contributed by atoms with Gasteiger partial charge in [-0.2, -0.15) is 0 Å². The summed E-state index contributed by atoms with van der Waals surface area (Å²) in [5.41, 5.74) is -1.69. The van der Waals surface area contributed by atoms with E-state index in [1.165, 1.54) is 12.1 Å². The summed E-state index contributed by atoms with van der Waals surface area (Å²) < 4.78 is 1.66. The van der Waals surface area contributed by atoms with Crippen LogP contribution in [0.1, 0.15) is 15.9 Å². The molecule has 0 spiro atoms. The van der Waals surface area contributed by atoms with Crippen LogP contribution in [0.3, 0.4) is 0 Å². The van der Waals surface area contributed by atoms with Gasteiger partial charge in [0.1, 0.15) is 5.56 Å². The van der Waals surface area contributed by atoms with Gasteiger partial charge in [-0.25, -0.2) is 9.36 Å². The molecule has 0 radical (unpaired) electrons. The summed E-state index contributed by atoms with van der Waals surface area (Å²) in [5.74, 6) is -1.36. The van der Waals surface area contributed by atoms with E-state index in [-0.39, 0.29) is 5.56 Å². The second-order valence-corrected chi connectivity index (χ2v) is 5.88. The molecule has 0 fully saturated rings. The number of halogens is 1. The molecule has 3 aromatic rings. The molecule has 0 aliphatic carbocycles. The van der Waals surface area contributed by atoms with Gasteiger partial charge in [-0.3, -0.25) is 14.6 Å². The second-order valence-electron chi connectivity index (χ2n) is 4.96. The van der Waals surface area contributed by atoms with Crippen LogP contribution in [0.2, 0.25) is 0 Å². The van der Waals surface area contributed by atoms with Gasteiger partial charge in [-0.1, -0.05) is 46.3 Å². The Morgan fingerprint density at radius 2 is 1.62 bits per heavy atom. The van der Waals surface area contributed by atoms with Crippen molar-refractivity contribution in [2.24, 2.45) is 0 Å². The molecule has 0 saturated heterocycles. The lowest BCUT2D eigenvalue weighted by atomic mass is 10.1. The summed E-state index contributed by atoms with van der Waals surface area (Å²) in [6, 6.07) is 14.5. The molecule has 0 aliphatic rings. The molecule has 3 rings (SSSR count). The average molecular weight is 387 g/mol. The maximum absolute atomic E-state index is 12.5. The van der Waals surface area contributed by atoms with E-state index in [0.29, 0.717) is 5.69 Å². The Labute approximate surface area is 144 Å². The minimum absolute atomic E-state index is 0.235. The standard InChI is InChI=1S/C17H11BrN2O4/c18-11-6-8-12(9-7-11)20-16(23)13(15(22)19-17(20)24)14(21)10-4-2-1-3-5-10/h1-9,23H,(H,19,22,24). The molecule has 2 aromatic carbocycles. The SMILES string of the molecule is O=C(c1ccccc1)c1c(O)n(-c2ccc(Br)cc2)c(=O)[nH]c1=O. The van der Waals surface area contributed by atoms with Gasteiger partial charge in [-0.05, 0) is 24.3 Å². The second kappa shape index (κ2) is 6.29. The van der Waals surface area contributed by atoms with Gasteiger partial charge in [-0.15, -0.1) is 0 Å². The van der Waals surface area contributed by atoms with Gasteiger partial charge in [0.05, 0.1) is 5.69 Å². The van der Waals surface area contributed by atoms with Gasteiger partial charge >= 0.3 is 5.69 Å². The largest absolute Gasteiger partial charge is 0.493 e. The Morgan fingerprint density at radius 1 is 1.00 bits per heavy atom. The maximum Gasteiger partial charge on any atom is 0.335 e. The molecule has 7 heteroatoms. The minimum Gasteiger partial charge on any atom is -0.493 e. The van der Waals surface area contributed by atoms with Crippen molar-refractivity contribution in [2.45, 2.75) is 0 Å². The van der Waals surface area contributed by atoms with E-state index < -0.39 is 28.5 Å². The highest BCUT2D eigenvalue weighted by molar-refractivity contribution is 9.10. The Balaban J connectivity index is 2.24. The summed E-state index contributed by atoms with van der Waals surface area (Å²) in [5, 5.41) is 10.4. The summed E-state index contributed by atoms with van der Waals surface area (Å²) >= 11 is 3.27. The molecule has 0 atom stereocenters. The topological polar surface area (TPSA) is 92.2 Å². The first-order chi connectivity index (χ1) is 11.5. The minimum atomic E-state index is -0.931. The molecule has 2 N–H and O–H groups in total. The molecule has 24 heavy (non-hydrogen) atoms. The van der Waals surface area contributed by atoms with Crippen LogP contribution in [0.4, 0.5) is 0 Å². The van der Waals surface area contributed by atoms with E-state index in [4.69, 9.17) is 0 Å². The molecule has 0 unspecified atom stereocenters. The zero-order valence-corrected chi connectivity index (χ0v) is 13.8. The zero-order valence-electron chi connectivity index (χ0n) is 12.2. The molecular formula is C17H11BrN2O4. The van der Waals surface area contributed by atoms with Gasteiger partial charge in [0.15, 0.2) is 0 Å². The van der Waals surface area contributed by atoms with Crippen LogP contribution in [0.5, 0.6) is 5.88 Å². The van der Waals surface area contributed by atoms with Gasteiger partial charge in [0.25, 0.3) is 5.56 Å². The Hall–Kier alpha value is -2.93.